The van der Waals surface area contributed by atoms with E-state index in [4.69, 9.17) is 0 Å². The van der Waals surface area contributed by atoms with Crippen LogP contribution in [0.15, 0.2) is 151 Å². The Morgan fingerprint density at radius 1 is 0.508 bits per heavy atom. The maximum atomic E-state index is 2.63. The molecule has 300 valence electrons. The fourth-order valence-corrected chi connectivity index (χ4v) is 10.5. The van der Waals surface area contributed by atoms with Crippen molar-refractivity contribution in [3.05, 3.63) is 168 Å². The van der Waals surface area contributed by atoms with E-state index in [0.717, 1.165) is 25.7 Å². The quantitative estimate of drug-likeness (QED) is 0.159. The molecule has 2 unspecified atom stereocenters. The maximum absolute atomic E-state index is 2.63. The summed E-state index contributed by atoms with van der Waals surface area (Å²) in [6.07, 6.45) is 27.4. The van der Waals surface area contributed by atoms with E-state index in [1.165, 1.54) is 72.8 Å². The van der Waals surface area contributed by atoms with Crippen LogP contribution in [-0.2, 0) is 16.2 Å². The Kier molecular flexibility index (Phi) is 9.58. The van der Waals surface area contributed by atoms with Gasteiger partial charge in [-0.15, -0.1) is 0 Å². The smallest absolute Gasteiger partial charge is 0.252 e. The van der Waals surface area contributed by atoms with E-state index in [-0.39, 0.29) is 28.4 Å². The molecular weight excluding hydrogens is 711 g/mol. The van der Waals surface area contributed by atoms with Crippen LogP contribution in [0.4, 0.5) is 28.4 Å². The first-order valence-corrected chi connectivity index (χ1v) is 22.2. The molecule has 3 aliphatic carbocycles. The Labute approximate surface area is 355 Å². The molecule has 0 fully saturated rings. The highest BCUT2D eigenvalue weighted by molar-refractivity contribution is 7.00. The van der Waals surface area contributed by atoms with Crippen molar-refractivity contribution in [3.8, 4) is 0 Å². The molecule has 4 aromatic rings. The van der Waals surface area contributed by atoms with E-state index < -0.39 is 0 Å². The highest BCUT2D eigenvalue weighted by atomic mass is 15.2. The number of rotatable bonds is 6. The molecule has 2 aliphatic heterocycles. The van der Waals surface area contributed by atoms with Crippen LogP contribution in [0.1, 0.15) is 112 Å². The third kappa shape index (κ3) is 6.74. The number of fused-ring (bicyclic) bond motifs is 4. The Morgan fingerprint density at radius 2 is 1.05 bits per heavy atom. The number of benzene rings is 4. The summed E-state index contributed by atoms with van der Waals surface area (Å²) in [4.78, 5) is 5.20. The molecular formula is C56H63BN2. The van der Waals surface area contributed by atoms with Crippen LogP contribution < -0.4 is 26.2 Å². The van der Waals surface area contributed by atoms with Gasteiger partial charge in [-0.25, -0.2) is 0 Å². The summed E-state index contributed by atoms with van der Waals surface area (Å²) in [5.41, 5.74) is 17.8. The fourth-order valence-electron chi connectivity index (χ4n) is 10.5. The number of allylic oxidation sites excluding steroid dienone is 12. The number of anilines is 5. The van der Waals surface area contributed by atoms with Crippen molar-refractivity contribution in [1.82, 2.24) is 0 Å². The second-order valence-electron chi connectivity index (χ2n) is 21.0. The van der Waals surface area contributed by atoms with Crippen LogP contribution in [0.2, 0.25) is 0 Å². The zero-order chi connectivity index (χ0) is 41.5. The number of nitrogens with zero attached hydrogens (tertiary/aromatic N) is 2. The lowest BCUT2D eigenvalue weighted by Crippen LogP contribution is -2.62. The minimum atomic E-state index is -0.0363. The molecule has 3 heteroatoms. The third-order valence-electron chi connectivity index (χ3n) is 14.7. The van der Waals surface area contributed by atoms with Crippen molar-refractivity contribution in [2.45, 2.75) is 111 Å². The standard InChI is InChI=1S/C56H63BN2/c1-53(2,3)38-24-30-44(31-25-38)58-49-35-29-43(56(9,10)40-20-15-12-16-21-40)37-47(49)57-46-36-42(54(4,5)6)28-34-48(46)59(51-23-17-22-50(58)52(51)57)45-32-26-41(27-33-45)55(7,8)39-18-13-11-14-19-39/h11-18,20,22-24,26-30,32-37,39-40H,19,21,25,31H2,1-10H3. The Bertz CT molecular complexity index is 2490. The molecule has 0 radical (unpaired) electrons. The van der Waals surface area contributed by atoms with Crippen LogP contribution in [0, 0.1) is 17.3 Å². The average Bonchev–Trinajstić information content (AvgIpc) is 3.23. The van der Waals surface area contributed by atoms with Crippen LogP contribution in [-0.4, -0.2) is 6.71 Å². The van der Waals surface area contributed by atoms with Crippen molar-refractivity contribution in [1.29, 1.82) is 0 Å². The fraction of sp³-hybridized carbons (Fsp3) is 0.357. The van der Waals surface area contributed by atoms with Crippen LogP contribution in [0.5, 0.6) is 0 Å². The summed E-state index contributed by atoms with van der Waals surface area (Å²) in [6.45, 7) is 23.9. The van der Waals surface area contributed by atoms with Crippen LogP contribution in [0.3, 0.4) is 0 Å². The van der Waals surface area contributed by atoms with E-state index >= 15 is 0 Å². The molecule has 0 saturated carbocycles. The van der Waals surface area contributed by atoms with Crippen molar-refractivity contribution in [3.63, 3.8) is 0 Å². The van der Waals surface area contributed by atoms with Gasteiger partial charge in [-0.3, -0.25) is 0 Å². The van der Waals surface area contributed by atoms with E-state index in [9.17, 15) is 0 Å². The summed E-state index contributed by atoms with van der Waals surface area (Å²) in [6, 6.07) is 31.5. The van der Waals surface area contributed by atoms with Crippen molar-refractivity contribution in [2.24, 2.45) is 17.3 Å². The van der Waals surface area contributed by atoms with Gasteiger partial charge in [0.25, 0.3) is 6.71 Å². The zero-order valence-electron chi connectivity index (χ0n) is 37.2. The second kappa shape index (κ2) is 14.3. The topological polar surface area (TPSA) is 6.48 Å². The van der Waals surface area contributed by atoms with Gasteiger partial charge in [-0.1, -0.05) is 172 Å². The Morgan fingerprint density at radius 3 is 1.59 bits per heavy atom. The highest BCUT2D eigenvalue weighted by Gasteiger charge is 2.45. The molecule has 2 atom stereocenters. The van der Waals surface area contributed by atoms with Crippen LogP contribution in [0.25, 0.3) is 0 Å². The molecule has 5 aliphatic rings. The summed E-state index contributed by atoms with van der Waals surface area (Å²) in [5, 5.41) is 0. The minimum absolute atomic E-state index is 0.00779. The van der Waals surface area contributed by atoms with E-state index in [1.807, 2.05) is 0 Å². The predicted molar refractivity (Wildman–Crippen MR) is 257 cm³/mol. The molecule has 4 aromatic carbocycles. The first kappa shape index (κ1) is 39.4. The predicted octanol–water partition coefficient (Wildman–Crippen LogP) is 13.2. The molecule has 0 N–H and O–H groups in total. The van der Waals surface area contributed by atoms with Gasteiger partial charge in [-0.05, 0) is 135 Å². The SMILES string of the molecule is CC(C)(C)C1=CC=C(N2c3ccc(C(C)(C)C4C=CC=CC4)cc3B3c4cc(C(C)(C)C)ccc4N(c4ccc(C(C)(C)C5C=CC=CC5)cc4)c4cccc2c43)CC1. The normalized spacial score (nSPS) is 19.9. The number of hydrogen-bond acceptors (Lipinski definition) is 2. The Hall–Kier alpha value is -5.02. The average molecular weight is 775 g/mol. The van der Waals surface area contributed by atoms with Crippen molar-refractivity contribution in [2.75, 3.05) is 9.80 Å². The van der Waals surface area contributed by atoms with E-state index in [2.05, 4.69) is 219 Å². The number of hydrogen-bond donors (Lipinski definition) is 0. The van der Waals surface area contributed by atoms with Gasteiger partial charge in [0, 0.05) is 34.1 Å². The first-order chi connectivity index (χ1) is 28.0. The van der Waals surface area contributed by atoms with Gasteiger partial charge in [0.15, 0.2) is 0 Å². The highest BCUT2D eigenvalue weighted by Crippen LogP contribution is 2.47. The largest absolute Gasteiger partial charge is 0.315 e. The molecule has 0 aromatic heterocycles. The van der Waals surface area contributed by atoms with E-state index in [0.29, 0.717) is 11.8 Å². The van der Waals surface area contributed by atoms with Crippen molar-refractivity contribution < 1.29 is 0 Å². The molecule has 0 saturated heterocycles. The van der Waals surface area contributed by atoms with Gasteiger partial charge in [-0.2, -0.15) is 0 Å². The molecule has 0 spiro atoms. The second-order valence-corrected chi connectivity index (χ2v) is 21.0. The Balaban J connectivity index is 1.26. The summed E-state index contributed by atoms with van der Waals surface area (Å²) in [5.74, 6) is 0.914. The van der Waals surface area contributed by atoms with Crippen molar-refractivity contribution >= 4 is 51.5 Å². The van der Waals surface area contributed by atoms with Gasteiger partial charge in [0.2, 0.25) is 0 Å². The van der Waals surface area contributed by atoms with Gasteiger partial charge in [0.1, 0.15) is 0 Å². The van der Waals surface area contributed by atoms with Gasteiger partial charge < -0.3 is 9.80 Å². The molecule has 9 rings (SSSR count). The lowest BCUT2D eigenvalue weighted by atomic mass is 9.33. The molecule has 2 heterocycles. The van der Waals surface area contributed by atoms with Crippen LogP contribution >= 0.6 is 0 Å². The molecule has 2 nitrogen and oxygen atoms in total. The lowest BCUT2D eigenvalue weighted by molar-refractivity contribution is 0.382. The summed E-state index contributed by atoms with van der Waals surface area (Å²) in [7, 11) is 0. The maximum Gasteiger partial charge on any atom is 0.252 e. The monoisotopic (exact) mass is 775 g/mol. The zero-order valence-corrected chi connectivity index (χ0v) is 37.2. The summed E-state index contributed by atoms with van der Waals surface area (Å²) >= 11 is 0. The lowest BCUT2D eigenvalue weighted by Gasteiger charge is -2.46. The van der Waals surface area contributed by atoms with Gasteiger partial charge >= 0.3 is 0 Å². The first-order valence-electron chi connectivity index (χ1n) is 22.2. The molecule has 0 amide bonds. The summed E-state index contributed by atoms with van der Waals surface area (Å²) < 4.78 is 0. The molecule has 0 bridgehead atoms. The third-order valence-corrected chi connectivity index (χ3v) is 14.7. The van der Waals surface area contributed by atoms with E-state index in [1.54, 1.807) is 0 Å². The minimum Gasteiger partial charge on any atom is -0.315 e. The van der Waals surface area contributed by atoms with Gasteiger partial charge in [0.05, 0.1) is 0 Å². The molecule has 59 heavy (non-hydrogen) atoms.